The van der Waals surface area contributed by atoms with Crippen molar-refractivity contribution in [2.24, 2.45) is 17.3 Å². The molecule has 0 aromatic carbocycles. The molecule has 2 fully saturated rings. The Hall–Kier alpha value is -0.400. The third kappa shape index (κ3) is 0.868. The molecule has 12 heavy (non-hydrogen) atoms. The van der Waals surface area contributed by atoms with Gasteiger partial charge in [-0.15, -0.1) is 0 Å². The molecule has 0 N–H and O–H groups in total. The van der Waals surface area contributed by atoms with Crippen molar-refractivity contribution in [1.29, 1.82) is 0 Å². The lowest BCUT2D eigenvalue weighted by Gasteiger charge is -2.26. The summed E-state index contributed by atoms with van der Waals surface area (Å²) >= 11 is 0. The van der Waals surface area contributed by atoms with Gasteiger partial charge in [0.25, 0.3) is 0 Å². The standard InChI is InChI=1S/C10H17O2/c1-7-4-3-5-9(12-11)10(7)6-8(10)2/h7-9H,3-6H2,1-2H3/q+1/t7-,8?,9?,10-/m0/s1. The molecule has 2 heteroatoms. The molecule has 0 bridgehead atoms. The number of rotatable bonds is 1. The number of hydrogen-bond donors (Lipinski definition) is 0. The Morgan fingerprint density at radius 1 is 1.25 bits per heavy atom. The molecular formula is C10H17O2+. The van der Waals surface area contributed by atoms with Crippen LogP contribution >= 0.6 is 0 Å². The summed E-state index contributed by atoms with van der Waals surface area (Å²) in [6.07, 6.45) is 4.66. The molecule has 2 nitrogen and oxygen atoms in total. The quantitative estimate of drug-likeness (QED) is 0.555. The van der Waals surface area contributed by atoms with E-state index in [1.807, 2.05) is 0 Å². The van der Waals surface area contributed by atoms with E-state index in [2.05, 4.69) is 18.4 Å². The lowest BCUT2D eigenvalue weighted by molar-refractivity contribution is 0.200. The lowest BCUT2D eigenvalue weighted by Crippen LogP contribution is -2.33. The van der Waals surface area contributed by atoms with Crippen molar-refractivity contribution in [2.45, 2.75) is 45.6 Å². The molecule has 0 aromatic heterocycles. The smallest absolute Gasteiger partial charge is 0.0616 e. The summed E-state index contributed by atoms with van der Waals surface area (Å²) in [5, 5.41) is 0. The first-order valence-corrected chi connectivity index (χ1v) is 5.00. The van der Waals surface area contributed by atoms with E-state index in [-0.39, 0.29) is 11.5 Å². The maximum Gasteiger partial charge on any atom is 0.356 e. The average Bonchev–Trinajstić information content (AvgIpc) is 2.70. The maximum atomic E-state index is 10.5. The molecule has 2 rings (SSSR count). The fraction of sp³-hybridized carbons (Fsp3) is 1.00. The predicted molar refractivity (Wildman–Crippen MR) is 49.8 cm³/mol. The van der Waals surface area contributed by atoms with Crippen molar-refractivity contribution in [3.63, 3.8) is 0 Å². The van der Waals surface area contributed by atoms with Crippen LogP contribution in [-0.4, -0.2) is 6.10 Å². The van der Waals surface area contributed by atoms with Crippen molar-refractivity contribution in [3.8, 4) is 0 Å². The molecule has 0 aromatic rings. The second kappa shape index (κ2) is 2.54. The van der Waals surface area contributed by atoms with Gasteiger partial charge < -0.3 is 0 Å². The van der Waals surface area contributed by atoms with E-state index in [0.717, 1.165) is 6.42 Å². The van der Waals surface area contributed by atoms with E-state index in [4.69, 9.17) is 0 Å². The molecule has 0 saturated heterocycles. The van der Waals surface area contributed by atoms with E-state index in [0.29, 0.717) is 11.8 Å². The SMILES string of the molecule is CC1C[C@@]12C([O+]=O)CCC[C@@H]2C. The third-order valence-corrected chi connectivity index (χ3v) is 4.15. The molecule has 0 radical (unpaired) electrons. The Bertz CT molecular complexity index is 202. The first kappa shape index (κ1) is 8.21. The van der Waals surface area contributed by atoms with E-state index in [1.165, 1.54) is 19.3 Å². The van der Waals surface area contributed by atoms with Crippen molar-refractivity contribution in [2.75, 3.05) is 0 Å². The summed E-state index contributed by atoms with van der Waals surface area (Å²) in [7, 11) is 0. The van der Waals surface area contributed by atoms with Crippen molar-refractivity contribution >= 4 is 0 Å². The van der Waals surface area contributed by atoms with Crippen LogP contribution in [0.2, 0.25) is 0 Å². The Labute approximate surface area is 73.3 Å². The van der Waals surface area contributed by atoms with Crippen molar-refractivity contribution in [1.82, 2.24) is 0 Å². The van der Waals surface area contributed by atoms with Gasteiger partial charge >= 0.3 is 6.10 Å². The molecule has 2 aliphatic carbocycles. The van der Waals surface area contributed by atoms with Crippen LogP contribution in [0, 0.1) is 26.8 Å². The zero-order valence-electron chi connectivity index (χ0n) is 7.88. The van der Waals surface area contributed by atoms with Gasteiger partial charge in [0.1, 0.15) is 0 Å². The molecule has 2 saturated carbocycles. The monoisotopic (exact) mass is 169 g/mol. The Morgan fingerprint density at radius 3 is 2.33 bits per heavy atom. The molecule has 68 valence electrons. The fourth-order valence-corrected chi connectivity index (χ4v) is 3.21. The highest BCUT2D eigenvalue weighted by Gasteiger charge is 2.68. The second-order valence-corrected chi connectivity index (χ2v) is 4.63. The van der Waals surface area contributed by atoms with E-state index >= 15 is 0 Å². The van der Waals surface area contributed by atoms with Crippen LogP contribution in [0.3, 0.4) is 0 Å². The first-order chi connectivity index (χ1) is 5.71. The highest BCUT2D eigenvalue weighted by atomic mass is 16.8. The molecule has 2 unspecified atom stereocenters. The normalized spacial score (nSPS) is 52.3. The molecule has 2 aliphatic rings. The van der Waals surface area contributed by atoms with Crippen LogP contribution in [0.5, 0.6) is 0 Å². The molecule has 0 heterocycles. The van der Waals surface area contributed by atoms with E-state index in [9.17, 15) is 4.96 Å². The summed E-state index contributed by atoms with van der Waals surface area (Å²) in [5.74, 6) is 1.41. The highest BCUT2D eigenvalue weighted by Crippen LogP contribution is 2.64. The van der Waals surface area contributed by atoms with Crippen LogP contribution in [0.1, 0.15) is 39.5 Å². The van der Waals surface area contributed by atoms with Gasteiger partial charge in [-0.25, -0.2) is 0 Å². The van der Waals surface area contributed by atoms with Gasteiger partial charge in [0.2, 0.25) is 4.96 Å². The van der Waals surface area contributed by atoms with Gasteiger partial charge in [0, 0.05) is 11.0 Å². The highest BCUT2D eigenvalue weighted by molar-refractivity contribution is 5.15. The van der Waals surface area contributed by atoms with Crippen LogP contribution in [-0.2, 0) is 0 Å². The van der Waals surface area contributed by atoms with Crippen LogP contribution < -0.4 is 0 Å². The third-order valence-electron chi connectivity index (χ3n) is 4.15. The Morgan fingerprint density at radius 2 is 1.92 bits per heavy atom. The van der Waals surface area contributed by atoms with Gasteiger partial charge in [-0.05, 0) is 31.1 Å². The van der Waals surface area contributed by atoms with Crippen LogP contribution in [0.4, 0.5) is 0 Å². The zero-order chi connectivity index (χ0) is 8.77. The summed E-state index contributed by atoms with van der Waals surface area (Å²) in [6.45, 7) is 4.52. The van der Waals surface area contributed by atoms with Gasteiger partial charge in [-0.2, -0.15) is 0 Å². The van der Waals surface area contributed by atoms with Gasteiger partial charge in [-0.1, -0.05) is 13.8 Å². The van der Waals surface area contributed by atoms with Gasteiger partial charge in [0.15, 0.2) is 0 Å². The summed E-state index contributed by atoms with van der Waals surface area (Å²) < 4.78 is 4.36. The summed E-state index contributed by atoms with van der Waals surface area (Å²) in [5.41, 5.74) is 0.278. The van der Waals surface area contributed by atoms with Crippen molar-refractivity contribution < 1.29 is 0 Å². The Balaban J connectivity index is 2.19. The fourth-order valence-electron chi connectivity index (χ4n) is 3.21. The summed E-state index contributed by atoms with van der Waals surface area (Å²) in [4.78, 5) is 10.5. The molecule has 0 aliphatic heterocycles. The maximum absolute atomic E-state index is 10.5. The van der Waals surface area contributed by atoms with Crippen molar-refractivity contribution in [3.05, 3.63) is 9.56 Å². The first-order valence-electron chi connectivity index (χ1n) is 5.00. The minimum atomic E-state index is 0.0104. The van der Waals surface area contributed by atoms with Crippen LogP contribution in [0.25, 0.3) is 0 Å². The van der Waals surface area contributed by atoms with Crippen LogP contribution in [0.15, 0.2) is 0 Å². The van der Waals surface area contributed by atoms with Gasteiger partial charge in [-0.3, -0.25) is 0 Å². The topological polar surface area (TPSA) is 28.4 Å². The molecular weight excluding hydrogens is 152 g/mol. The average molecular weight is 169 g/mol. The Kier molecular flexibility index (Phi) is 1.74. The van der Waals surface area contributed by atoms with E-state index in [1.54, 1.807) is 0 Å². The largest absolute Gasteiger partial charge is 0.356 e. The zero-order valence-corrected chi connectivity index (χ0v) is 7.88. The molecule has 4 atom stereocenters. The molecule has 1 spiro atoms. The van der Waals surface area contributed by atoms with Gasteiger partial charge in [0.05, 0.1) is 5.41 Å². The minimum Gasteiger partial charge on any atom is -0.0616 e. The second-order valence-electron chi connectivity index (χ2n) is 4.63. The lowest BCUT2D eigenvalue weighted by atomic mass is 9.74. The van der Waals surface area contributed by atoms with E-state index < -0.39 is 0 Å². The summed E-state index contributed by atoms with van der Waals surface area (Å²) in [6, 6.07) is 0. The minimum absolute atomic E-state index is 0.0104. The number of hydrogen-bond acceptors (Lipinski definition) is 1. The predicted octanol–water partition coefficient (Wildman–Crippen LogP) is 2.82. The molecule has 0 amide bonds.